The van der Waals surface area contributed by atoms with E-state index in [1.165, 1.54) is 4.90 Å². The minimum Gasteiger partial charge on any atom is -0.295 e. The molecule has 1 rings (SSSR count). The molecule has 0 saturated carbocycles. The Morgan fingerprint density at radius 3 is 2.60 bits per heavy atom. The maximum absolute atomic E-state index is 12.4. The largest absolute Gasteiger partial charge is 0.295 e. The summed E-state index contributed by atoms with van der Waals surface area (Å²) < 4.78 is 24.7. The van der Waals surface area contributed by atoms with Gasteiger partial charge >= 0.3 is 0 Å². The quantitative estimate of drug-likeness (QED) is 0.569. The fourth-order valence-electron chi connectivity index (χ4n) is 1.13. The predicted octanol–water partition coefficient (Wildman–Crippen LogP) is 0.758. The first-order chi connectivity index (χ1) is 4.64. The van der Waals surface area contributed by atoms with Gasteiger partial charge in [-0.25, -0.2) is 13.9 Å². The molecule has 1 radical (unpaired) electrons. The Bertz CT molecular complexity index is 118. The van der Waals surface area contributed by atoms with Crippen LogP contribution in [0.1, 0.15) is 6.42 Å². The van der Waals surface area contributed by atoms with E-state index in [1.54, 1.807) is 0 Å². The maximum Gasteiger partial charge on any atom is 0.261 e. The van der Waals surface area contributed by atoms with Gasteiger partial charge in [0.05, 0.1) is 13.2 Å². The van der Waals surface area contributed by atoms with Crippen molar-refractivity contribution in [1.29, 1.82) is 0 Å². The number of rotatable bonds is 2. The summed E-state index contributed by atoms with van der Waals surface area (Å²) >= 11 is 0. The lowest BCUT2D eigenvalue weighted by atomic mass is 10.3. The third kappa shape index (κ3) is 1.88. The Labute approximate surface area is 58.4 Å². The van der Waals surface area contributed by atoms with Crippen LogP contribution >= 0.6 is 0 Å². The molecule has 0 bridgehead atoms. The SMILES string of the molecule is [O]CCN1CCC(F)(F)C1. The van der Waals surface area contributed by atoms with E-state index in [0.29, 0.717) is 6.54 Å². The van der Waals surface area contributed by atoms with E-state index in [4.69, 9.17) is 0 Å². The second kappa shape index (κ2) is 2.80. The van der Waals surface area contributed by atoms with Crippen molar-refractivity contribution in [3.05, 3.63) is 0 Å². The van der Waals surface area contributed by atoms with Gasteiger partial charge in [-0.1, -0.05) is 0 Å². The molecule has 0 aromatic carbocycles. The fraction of sp³-hybridized carbons (Fsp3) is 1.00. The Kier molecular flexibility index (Phi) is 2.21. The van der Waals surface area contributed by atoms with Crippen molar-refractivity contribution in [2.24, 2.45) is 0 Å². The van der Waals surface area contributed by atoms with Gasteiger partial charge in [0.2, 0.25) is 0 Å². The smallest absolute Gasteiger partial charge is 0.261 e. The lowest BCUT2D eigenvalue weighted by molar-refractivity contribution is 0.00979. The van der Waals surface area contributed by atoms with Crippen LogP contribution in [0.5, 0.6) is 0 Å². The minimum absolute atomic E-state index is 0.0903. The number of alkyl halides is 2. The third-order valence-corrected chi connectivity index (χ3v) is 1.66. The monoisotopic (exact) mass is 150 g/mol. The van der Waals surface area contributed by atoms with E-state index in [9.17, 15) is 13.9 Å². The number of hydrogen-bond acceptors (Lipinski definition) is 1. The lowest BCUT2D eigenvalue weighted by Gasteiger charge is -2.12. The van der Waals surface area contributed by atoms with Gasteiger partial charge in [0.25, 0.3) is 5.92 Å². The summed E-state index contributed by atoms with van der Waals surface area (Å²) in [4.78, 5) is 1.51. The van der Waals surface area contributed by atoms with Gasteiger partial charge < -0.3 is 0 Å². The van der Waals surface area contributed by atoms with Crippen LogP contribution < -0.4 is 0 Å². The third-order valence-electron chi connectivity index (χ3n) is 1.66. The highest BCUT2D eigenvalue weighted by atomic mass is 19.3. The Balaban J connectivity index is 2.29. The summed E-state index contributed by atoms with van der Waals surface area (Å²) in [5.41, 5.74) is 0. The summed E-state index contributed by atoms with van der Waals surface area (Å²) in [6.07, 6.45) is -0.0903. The fourth-order valence-corrected chi connectivity index (χ4v) is 1.13. The Morgan fingerprint density at radius 1 is 1.50 bits per heavy atom. The molecule has 1 fully saturated rings. The maximum atomic E-state index is 12.4. The molecular weight excluding hydrogens is 140 g/mol. The molecule has 10 heavy (non-hydrogen) atoms. The number of halogens is 2. The molecule has 0 aromatic heterocycles. The van der Waals surface area contributed by atoms with Crippen LogP contribution in [0.15, 0.2) is 0 Å². The Morgan fingerprint density at radius 2 is 2.20 bits per heavy atom. The van der Waals surface area contributed by atoms with Gasteiger partial charge in [0.15, 0.2) is 0 Å². The molecule has 1 aliphatic heterocycles. The first-order valence-electron chi connectivity index (χ1n) is 3.32. The molecule has 0 aromatic rings. The van der Waals surface area contributed by atoms with Crippen molar-refractivity contribution >= 4 is 0 Å². The molecule has 1 saturated heterocycles. The lowest BCUT2D eigenvalue weighted by Crippen LogP contribution is -2.27. The molecule has 0 amide bonds. The second-order valence-electron chi connectivity index (χ2n) is 2.59. The summed E-state index contributed by atoms with van der Waals surface area (Å²) in [5, 5.41) is 10.0. The molecule has 0 spiro atoms. The van der Waals surface area contributed by atoms with Crippen molar-refractivity contribution in [1.82, 2.24) is 4.90 Å². The van der Waals surface area contributed by atoms with Crippen LogP contribution in [-0.2, 0) is 5.11 Å². The zero-order chi connectivity index (χ0) is 7.61. The topological polar surface area (TPSA) is 23.1 Å². The molecule has 0 unspecified atom stereocenters. The molecular formula is C6H10F2NO. The van der Waals surface area contributed by atoms with Crippen LogP contribution in [0.2, 0.25) is 0 Å². The van der Waals surface area contributed by atoms with Crippen LogP contribution in [0, 0.1) is 0 Å². The van der Waals surface area contributed by atoms with Gasteiger partial charge in [-0.3, -0.25) is 4.90 Å². The Hall–Kier alpha value is -0.220. The van der Waals surface area contributed by atoms with Crippen molar-refractivity contribution in [3.63, 3.8) is 0 Å². The molecule has 4 heteroatoms. The summed E-state index contributed by atoms with van der Waals surface area (Å²) in [5.74, 6) is -2.55. The normalized spacial score (nSPS) is 25.5. The van der Waals surface area contributed by atoms with E-state index >= 15 is 0 Å². The molecule has 1 aliphatic rings. The van der Waals surface area contributed by atoms with Crippen LogP contribution in [0.3, 0.4) is 0 Å². The van der Waals surface area contributed by atoms with E-state index in [-0.39, 0.29) is 26.1 Å². The number of nitrogens with zero attached hydrogens (tertiary/aromatic N) is 1. The van der Waals surface area contributed by atoms with Crippen molar-refractivity contribution < 1.29 is 13.9 Å². The summed E-state index contributed by atoms with van der Waals surface area (Å²) in [7, 11) is 0. The standard InChI is InChI=1S/C6H10F2NO/c7-6(8)1-2-9(5-6)3-4-10/h1-5H2. The first-order valence-corrected chi connectivity index (χ1v) is 3.32. The molecule has 2 nitrogen and oxygen atoms in total. The van der Waals surface area contributed by atoms with Gasteiger partial charge in [0.1, 0.15) is 0 Å². The van der Waals surface area contributed by atoms with Crippen LogP contribution in [0.25, 0.3) is 0 Å². The number of likely N-dealkylation sites (tertiary alicyclic amines) is 1. The molecule has 0 N–H and O–H groups in total. The van der Waals surface area contributed by atoms with Gasteiger partial charge in [-0.15, -0.1) is 0 Å². The van der Waals surface area contributed by atoms with E-state index in [2.05, 4.69) is 0 Å². The second-order valence-corrected chi connectivity index (χ2v) is 2.59. The highest BCUT2D eigenvalue weighted by molar-refractivity contribution is 4.80. The van der Waals surface area contributed by atoms with Gasteiger partial charge in [-0.2, -0.15) is 0 Å². The number of hydrogen-bond donors (Lipinski definition) is 0. The molecule has 0 aliphatic carbocycles. The highest BCUT2D eigenvalue weighted by Gasteiger charge is 2.37. The summed E-state index contributed by atoms with van der Waals surface area (Å²) in [6.45, 7) is 0.121. The van der Waals surface area contributed by atoms with E-state index < -0.39 is 5.92 Å². The van der Waals surface area contributed by atoms with E-state index in [0.717, 1.165) is 0 Å². The van der Waals surface area contributed by atoms with Crippen LogP contribution in [-0.4, -0.2) is 37.1 Å². The molecule has 1 heterocycles. The highest BCUT2D eigenvalue weighted by Crippen LogP contribution is 2.25. The van der Waals surface area contributed by atoms with Crippen LogP contribution in [0.4, 0.5) is 8.78 Å². The molecule has 59 valence electrons. The van der Waals surface area contributed by atoms with Gasteiger partial charge in [0, 0.05) is 19.5 Å². The van der Waals surface area contributed by atoms with Gasteiger partial charge in [-0.05, 0) is 0 Å². The van der Waals surface area contributed by atoms with Crippen molar-refractivity contribution in [2.45, 2.75) is 12.3 Å². The minimum atomic E-state index is -2.55. The predicted molar refractivity (Wildman–Crippen MR) is 31.6 cm³/mol. The summed E-state index contributed by atoms with van der Waals surface area (Å²) in [6, 6.07) is 0. The first kappa shape index (κ1) is 7.88. The van der Waals surface area contributed by atoms with Crippen molar-refractivity contribution in [3.8, 4) is 0 Å². The zero-order valence-corrected chi connectivity index (χ0v) is 5.65. The van der Waals surface area contributed by atoms with Crippen molar-refractivity contribution in [2.75, 3.05) is 26.2 Å². The molecule has 0 atom stereocenters. The average Bonchev–Trinajstić information content (AvgIpc) is 2.12. The zero-order valence-electron chi connectivity index (χ0n) is 5.65. The average molecular weight is 150 g/mol. The van der Waals surface area contributed by atoms with E-state index in [1.807, 2.05) is 0 Å².